The second kappa shape index (κ2) is 6.57. The molecule has 0 bridgehead atoms. The van der Waals surface area contributed by atoms with Gasteiger partial charge in [0.1, 0.15) is 0 Å². The van der Waals surface area contributed by atoms with Crippen LogP contribution >= 0.6 is 0 Å². The lowest BCUT2D eigenvalue weighted by atomic mass is 10.0. The average Bonchev–Trinajstić information content (AvgIpc) is 3.16. The van der Waals surface area contributed by atoms with E-state index >= 15 is 0 Å². The highest BCUT2D eigenvalue weighted by molar-refractivity contribution is 6.22. The molecular formula is C18H21N3O4. The van der Waals surface area contributed by atoms with Crippen LogP contribution in [0.25, 0.3) is 0 Å². The van der Waals surface area contributed by atoms with Crippen LogP contribution in [0.15, 0.2) is 18.2 Å². The minimum absolute atomic E-state index is 0.0823. The van der Waals surface area contributed by atoms with Gasteiger partial charge in [0.25, 0.3) is 17.7 Å². The molecule has 2 N–H and O–H groups in total. The van der Waals surface area contributed by atoms with Gasteiger partial charge in [-0.3, -0.25) is 19.3 Å². The second-order valence-corrected chi connectivity index (χ2v) is 6.85. The van der Waals surface area contributed by atoms with E-state index in [9.17, 15) is 14.4 Å². The Morgan fingerprint density at radius 1 is 1.24 bits per heavy atom. The molecule has 2 saturated heterocycles. The number of carbonyl (C=O) groups is 3. The summed E-state index contributed by atoms with van der Waals surface area (Å²) in [4.78, 5) is 38.6. The standard InChI is InChI=1S/C18H21N3O4/c22-16(20-9-11-7-19-8-11)12-3-4-14-15(6-12)18(24)21(17(14)23)10-13-2-1-5-25-13/h3-4,6,11,13,19H,1-2,5,7-10H2,(H,20,22). The highest BCUT2D eigenvalue weighted by Gasteiger charge is 2.38. The zero-order valence-electron chi connectivity index (χ0n) is 13.9. The van der Waals surface area contributed by atoms with E-state index < -0.39 is 0 Å². The summed E-state index contributed by atoms with van der Waals surface area (Å²) in [6, 6.07) is 4.71. The van der Waals surface area contributed by atoms with Crippen LogP contribution in [0.3, 0.4) is 0 Å². The van der Waals surface area contributed by atoms with Gasteiger partial charge in [0.15, 0.2) is 0 Å². The Kier molecular flexibility index (Phi) is 4.27. The summed E-state index contributed by atoms with van der Waals surface area (Å²) in [5, 5.41) is 6.03. The normalized spacial score (nSPS) is 22.9. The van der Waals surface area contributed by atoms with Crippen LogP contribution in [-0.2, 0) is 4.74 Å². The Morgan fingerprint density at radius 3 is 2.72 bits per heavy atom. The summed E-state index contributed by atoms with van der Waals surface area (Å²) < 4.78 is 5.53. The number of hydrogen-bond acceptors (Lipinski definition) is 5. The fourth-order valence-electron chi connectivity index (χ4n) is 3.42. The van der Waals surface area contributed by atoms with E-state index in [1.165, 1.54) is 11.0 Å². The fraction of sp³-hybridized carbons (Fsp3) is 0.500. The highest BCUT2D eigenvalue weighted by Crippen LogP contribution is 2.26. The largest absolute Gasteiger partial charge is 0.376 e. The van der Waals surface area contributed by atoms with Crippen molar-refractivity contribution >= 4 is 17.7 Å². The Balaban J connectivity index is 1.47. The number of carbonyl (C=O) groups excluding carboxylic acids is 3. The molecule has 3 aliphatic heterocycles. The third-order valence-electron chi connectivity index (χ3n) is 5.06. The lowest BCUT2D eigenvalue weighted by Crippen LogP contribution is -2.48. The lowest BCUT2D eigenvalue weighted by molar-refractivity contribution is 0.0475. The Morgan fingerprint density at radius 2 is 2.04 bits per heavy atom. The summed E-state index contributed by atoms with van der Waals surface area (Å²) in [6.45, 7) is 3.39. The van der Waals surface area contributed by atoms with Crippen molar-refractivity contribution in [2.75, 3.05) is 32.8 Å². The first-order valence-electron chi connectivity index (χ1n) is 8.74. The van der Waals surface area contributed by atoms with E-state index in [0.717, 1.165) is 25.9 Å². The van der Waals surface area contributed by atoms with E-state index in [2.05, 4.69) is 10.6 Å². The van der Waals surface area contributed by atoms with Crippen molar-refractivity contribution in [3.8, 4) is 0 Å². The van der Waals surface area contributed by atoms with Crippen LogP contribution in [0.4, 0.5) is 0 Å². The number of rotatable bonds is 5. The maximum Gasteiger partial charge on any atom is 0.261 e. The van der Waals surface area contributed by atoms with Gasteiger partial charge >= 0.3 is 0 Å². The minimum Gasteiger partial charge on any atom is -0.376 e. The molecule has 2 fully saturated rings. The molecule has 0 aromatic heterocycles. The number of nitrogens with one attached hydrogen (secondary N) is 2. The van der Waals surface area contributed by atoms with E-state index in [1.807, 2.05) is 0 Å². The highest BCUT2D eigenvalue weighted by atomic mass is 16.5. The summed E-state index contributed by atoms with van der Waals surface area (Å²) in [7, 11) is 0. The molecule has 4 rings (SSSR count). The molecule has 3 aliphatic rings. The van der Waals surface area contributed by atoms with Crippen LogP contribution in [-0.4, -0.2) is 61.5 Å². The number of fused-ring (bicyclic) bond motifs is 1. The van der Waals surface area contributed by atoms with Crippen molar-refractivity contribution in [2.45, 2.75) is 18.9 Å². The van der Waals surface area contributed by atoms with E-state index in [1.54, 1.807) is 12.1 Å². The van der Waals surface area contributed by atoms with E-state index in [-0.39, 0.29) is 30.4 Å². The number of hydrogen-bond donors (Lipinski definition) is 2. The number of nitrogens with zero attached hydrogens (tertiary/aromatic N) is 1. The zero-order valence-corrected chi connectivity index (χ0v) is 13.9. The molecule has 7 nitrogen and oxygen atoms in total. The molecule has 0 aliphatic carbocycles. The molecule has 1 aromatic carbocycles. The molecule has 25 heavy (non-hydrogen) atoms. The molecule has 7 heteroatoms. The zero-order chi connectivity index (χ0) is 17.4. The van der Waals surface area contributed by atoms with Gasteiger partial charge in [-0.15, -0.1) is 0 Å². The molecule has 3 amide bonds. The van der Waals surface area contributed by atoms with Crippen LogP contribution in [0.1, 0.15) is 43.9 Å². The molecule has 1 aromatic rings. The second-order valence-electron chi connectivity index (χ2n) is 6.85. The summed E-state index contributed by atoms with van der Waals surface area (Å²) in [5.74, 6) is -0.396. The first-order chi connectivity index (χ1) is 12.1. The van der Waals surface area contributed by atoms with E-state index in [4.69, 9.17) is 4.74 Å². The van der Waals surface area contributed by atoms with Crippen molar-refractivity contribution in [3.63, 3.8) is 0 Å². The molecular weight excluding hydrogens is 322 g/mol. The number of imide groups is 1. The van der Waals surface area contributed by atoms with Crippen LogP contribution < -0.4 is 10.6 Å². The van der Waals surface area contributed by atoms with Gasteiger partial charge in [-0.1, -0.05) is 0 Å². The SMILES string of the molecule is O=C(NCC1CNC1)c1ccc2c(c1)C(=O)N(CC1CCCO1)C2=O. The summed E-state index contributed by atoms with van der Waals surface area (Å²) in [6.07, 6.45) is 1.73. The van der Waals surface area contributed by atoms with Gasteiger partial charge in [0.2, 0.25) is 0 Å². The van der Waals surface area contributed by atoms with Gasteiger partial charge in [0.05, 0.1) is 23.8 Å². The third-order valence-corrected chi connectivity index (χ3v) is 5.06. The molecule has 132 valence electrons. The van der Waals surface area contributed by atoms with Crippen molar-refractivity contribution in [1.82, 2.24) is 15.5 Å². The first kappa shape index (κ1) is 16.2. The van der Waals surface area contributed by atoms with Crippen molar-refractivity contribution in [1.29, 1.82) is 0 Å². The smallest absolute Gasteiger partial charge is 0.261 e. The predicted molar refractivity (Wildman–Crippen MR) is 89.5 cm³/mol. The summed E-state index contributed by atoms with van der Waals surface area (Å²) in [5.41, 5.74) is 1.08. The van der Waals surface area contributed by atoms with E-state index in [0.29, 0.717) is 35.8 Å². The monoisotopic (exact) mass is 343 g/mol. The maximum atomic E-state index is 12.6. The van der Waals surface area contributed by atoms with Gasteiger partial charge in [0, 0.05) is 37.7 Å². The minimum atomic E-state index is -0.339. The Hall–Kier alpha value is -2.25. The predicted octanol–water partition coefficient (Wildman–Crippen LogP) is 0.411. The maximum absolute atomic E-state index is 12.6. The van der Waals surface area contributed by atoms with Crippen molar-refractivity contribution in [2.24, 2.45) is 5.92 Å². The topological polar surface area (TPSA) is 87.7 Å². The third kappa shape index (κ3) is 3.05. The molecule has 3 heterocycles. The number of ether oxygens (including phenoxy) is 1. The first-order valence-corrected chi connectivity index (χ1v) is 8.74. The van der Waals surface area contributed by atoms with Crippen molar-refractivity contribution < 1.29 is 19.1 Å². The number of benzene rings is 1. The van der Waals surface area contributed by atoms with Gasteiger partial charge in [-0.25, -0.2) is 0 Å². The fourth-order valence-corrected chi connectivity index (χ4v) is 3.42. The lowest BCUT2D eigenvalue weighted by Gasteiger charge is -2.27. The van der Waals surface area contributed by atoms with Gasteiger partial charge in [-0.05, 0) is 31.0 Å². The molecule has 0 spiro atoms. The Labute approximate surface area is 145 Å². The molecule has 0 radical (unpaired) electrons. The molecule has 1 atom stereocenters. The van der Waals surface area contributed by atoms with Crippen LogP contribution in [0.5, 0.6) is 0 Å². The molecule has 0 saturated carbocycles. The van der Waals surface area contributed by atoms with Gasteiger partial charge < -0.3 is 15.4 Å². The van der Waals surface area contributed by atoms with Crippen molar-refractivity contribution in [3.05, 3.63) is 34.9 Å². The van der Waals surface area contributed by atoms with Crippen LogP contribution in [0, 0.1) is 5.92 Å². The van der Waals surface area contributed by atoms with Gasteiger partial charge in [-0.2, -0.15) is 0 Å². The average molecular weight is 343 g/mol. The van der Waals surface area contributed by atoms with Crippen LogP contribution in [0.2, 0.25) is 0 Å². The number of amides is 3. The quantitative estimate of drug-likeness (QED) is 0.756. The summed E-state index contributed by atoms with van der Waals surface area (Å²) >= 11 is 0. The Bertz CT molecular complexity index is 723. The molecule has 1 unspecified atom stereocenters.